The van der Waals surface area contributed by atoms with E-state index in [0.717, 1.165) is 6.33 Å². The molecule has 3 aliphatic heterocycles. The van der Waals surface area contributed by atoms with E-state index in [1.165, 1.54) is 21.8 Å². The van der Waals surface area contributed by atoms with Crippen LogP contribution in [-0.2, 0) is 51.2 Å². The standard InChI is InChI=1S/C20H22F2N10O8P2S3/c21-8-6-1-36-42(44,45)40-12-7(38-18(9(12)22)31-4-27-10-14(23)25-3-26-15(10)31)2-35-41(34,43)39-13(8)19(37-6)32-5-28-11-16(32)29-20(24)30-17(11)33/h3-9,12-13,18-19H,1-2H2,(H,34,43)(H,44,45)(H2,23,25,26)(H3,24,29,30,33)/t6-,7-,8-,9+,12-,13-,18-,19-,41?/m1/s1. The van der Waals surface area contributed by atoms with Crippen LogP contribution in [0.4, 0.5) is 20.5 Å². The van der Waals surface area contributed by atoms with E-state index in [1.54, 1.807) is 0 Å². The molecule has 4 aromatic rings. The molecule has 0 aromatic carbocycles. The number of nitrogens with zero attached hydrogens (tertiary/aromatic N) is 7. The third-order valence-corrected chi connectivity index (χ3v) is 11.0. The zero-order valence-electron chi connectivity index (χ0n) is 22.3. The highest BCUT2D eigenvalue weighted by Crippen LogP contribution is 2.59. The number of nitrogens with two attached hydrogens (primary N) is 2. The van der Waals surface area contributed by atoms with E-state index >= 15 is 8.78 Å². The van der Waals surface area contributed by atoms with Gasteiger partial charge in [-0.25, -0.2) is 28.7 Å². The largest absolute Gasteiger partial charge is 0.382 e. The number of nitrogen functional groups attached to an aromatic ring is 2. The molecule has 45 heavy (non-hydrogen) atoms. The lowest BCUT2D eigenvalue weighted by atomic mass is 10.1. The van der Waals surface area contributed by atoms with Crippen LogP contribution in [0.3, 0.4) is 0 Å². The van der Waals surface area contributed by atoms with Gasteiger partial charge in [-0.1, -0.05) is 12.2 Å². The van der Waals surface area contributed by atoms with Crippen molar-refractivity contribution in [1.29, 1.82) is 0 Å². The van der Waals surface area contributed by atoms with Crippen molar-refractivity contribution >= 4 is 82.4 Å². The van der Waals surface area contributed by atoms with Gasteiger partial charge < -0.3 is 39.4 Å². The normalized spacial score (nSPS) is 37.7. The molecule has 18 nitrogen and oxygen atoms in total. The number of aromatic nitrogens is 8. The number of nitrogens with one attached hydrogen (secondary N) is 1. The summed E-state index contributed by atoms with van der Waals surface area (Å²) in [5.74, 6) is -0.162. The van der Waals surface area contributed by atoms with Gasteiger partial charge in [0.05, 0.1) is 25.9 Å². The average molecular weight is 727 g/mol. The first-order valence-corrected chi connectivity index (χ1v) is 19.3. The summed E-state index contributed by atoms with van der Waals surface area (Å²) in [5, 5.41) is 0. The number of thiol groups is 1. The molecule has 7 heterocycles. The molecule has 3 saturated heterocycles. The van der Waals surface area contributed by atoms with E-state index in [1.807, 2.05) is 0 Å². The van der Waals surface area contributed by atoms with Gasteiger partial charge in [-0.2, -0.15) is 4.98 Å². The Hall–Kier alpha value is -2.27. The number of rotatable bonds is 2. The Morgan fingerprint density at radius 3 is 2.40 bits per heavy atom. The predicted octanol–water partition coefficient (Wildman–Crippen LogP) is 0.783. The maximum atomic E-state index is 16.1. The predicted molar refractivity (Wildman–Crippen MR) is 161 cm³/mol. The first kappa shape index (κ1) is 31.3. The van der Waals surface area contributed by atoms with E-state index in [9.17, 15) is 9.69 Å². The number of halogens is 2. The third-order valence-electron chi connectivity index (χ3n) is 7.23. The Kier molecular flexibility index (Phi) is 7.98. The molecular formula is C20H22F2N10O8P2S3. The van der Waals surface area contributed by atoms with Crippen molar-refractivity contribution in [1.82, 2.24) is 39.0 Å². The van der Waals surface area contributed by atoms with Crippen molar-refractivity contribution < 1.29 is 41.2 Å². The van der Waals surface area contributed by atoms with E-state index in [4.69, 9.17) is 62.6 Å². The minimum Gasteiger partial charge on any atom is -0.382 e. The van der Waals surface area contributed by atoms with E-state index in [2.05, 4.69) is 42.2 Å². The molecule has 10 atom stereocenters. The summed E-state index contributed by atoms with van der Waals surface area (Å²) in [7, 11) is 0. The van der Waals surface area contributed by atoms with Crippen LogP contribution in [0, 0.1) is 0 Å². The van der Waals surface area contributed by atoms with Crippen LogP contribution >= 0.6 is 24.7 Å². The topological polar surface area (TPSA) is 235 Å². The molecule has 3 fully saturated rings. The number of hydrogen-bond acceptors (Lipinski definition) is 16. The monoisotopic (exact) mass is 726 g/mol. The van der Waals surface area contributed by atoms with Crippen molar-refractivity contribution in [2.24, 2.45) is 0 Å². The highest BCUT2D eigenvalue weighted by atomic mass is 32.9. The van der Waals surface area contributed by atoms with Gasteiger partial charge in [0.25, 0.3) is 5.56 Å². The average Bonchev–Trinajstić information content (AvgIpc) is 3.72. The van der Waals surface area contributed by atoms with Crippen molar-refractivity contribution in [2.45, 2.75) is 49.2 Å². The molecule has 3 aliphatic rings. The number of anilines is 2. The number of imidazole rings is 2. The number of aromatic amines is 1. The van der Waals surface area contributed by atoms with Crippen LogP contribution < -0.4 is 17.0 Å². The summed E-state index contributed by atoms with van der Waals surface area (Å²) < 4.78 is 69.0. The van der Waals surface area contributed by atoms with Gasteiger partial charge in [0.1, 0.15) is 36.3 Å². The zero-order valence-corrected chi connectivity index (χ0v) is 26.6. The summed E-state index contributed by atoms with van der Waals surface area (Å²) in [6, 6.07) is 0. The van der Waals surface area contributed by atoms with Crippen molar-refractivity contribution in [3.05, 3.63) is 29.3 Å². The van der Waals surface area contributed by atoms with Gasteiger partial charge in [0, 0.05) is 0 Å². The minimum atomic E-state index is -4.31. The molecule has 7 rings (SSSR count). The Bertz CT molecular complexity index is 1950. The number of alkyl halides is 2. The summed E-state index contributed by atoms with van der Waals surface area (Å²) in [6.45, 7) is -5.42. The summed E-state index contributed by atoms with van der Waals surface area (Å²) in [6.07, 6.45) is -8.77. The van der Waals surface area contributed by atoms with Gasteiger partial charge in [-0.3, -0.25) is 23.4 Å². The van der Waals surface area contributed by atoms with Gasteiger partial charge in [-0.05, 0) is 23.6 Å². The van der Waals surface area contributed by atoms with Crippen LogP contribution in [0.25, 0.3) is 22.3 Å². The molecule has 6 N–H and O–H groups in total. The lowest BCUT2D eigenvalue weighted by Gasteiger charge is -2.28. The quantitative estimate of drug-likeness (QED) is 0.142. The van der Waals surface area contributed by atoms with E-state index in [0.29, 0.717) is 0 Å². The Morgan fingerprint density at radius 2 is 1.62 bits per heavy atom. The highest BCUT2D eigenvalue weighted by Gasteiger charge is 2.53. The van der Waals surface area contributed by atoms with E-state index in [-0.39, 0.29) is 34.1 Å². The minimum absolute atomic E-state index is 0.0548. The number of hydrogen-bond donors (Lipinski definition) is 5. The fourth-order valence-electron chi connectivity index (χ4n) is 5.23. The molecular weight excluding hydrogens is 704 g/mol. The summed E-state index contributed by atoms with van der Waals surface area (Å²) >= 11 is 15.0. The molecule has 0 saturated carbocycles. The Labute approximate surface area is 265 Å². The molecule has 0 spiro atoms. The summed E-state index contributed by atoms with van der Waals surface area (Å²) in [4.78, 5) is 45.9. The molecule has 242 valence electrons. The summed E-state index contributed by atoms with van der Waals surface area (Å²) in [5.41, 5.74) is 7.52. The fraction of sp³-hybridized carbons (Fsp3) is 0.500. The molecule has 0 amide bonds. The first-order chi connectivity index (χ1) is 21.3. The third kappa shape index (κ3) is 5.68. The Balaban J connectivity index is 1.21. The van der Waals surface area contributed by atoms with Crippen molar-refractivity contribution in [3.8, 4) is 0 Å². The second kappa shape index (κ2) is 11.5. The second-order valence-corrected chi connectivity index (χ2v) is 18.1. The van der Waals surface area contributed by atoms with Crippen LogP contribution in [-0.4, -0.2) is 93.9 Å². The van der Waals surface area contributed by atoms with Crippen molar-refractivity contribution in [3.63, 3.8) is 0 Å². The van der Waals surface area contributed by atoms with Crippen molar-refractivity contribution in [2.75, 3.05) is 24.7 Å². The Morgan fingerprint density at radius 1 is 0.933 bits per heavy atom. The van der Waals surface area contributed by atoms with Gasteiger partial charge in [0.15, 0.2) is 47.4 Å². The maximum absolute atomic E-state index is 16.1. The second-order valence-electron chi connectivity index (χ2n) is 10.0. The van der Waals surface area contributed by atoms with Crippen LogP contribution in [0.2, 0.25) is 0 Å². The zero-order chi connectivity index (χ0) is 31.8. The molecule has 0 aliphatic carbocycles. The van der Waals surface area contributed by atoms with Gasteiger partial charge in [0.2, 0.25) is 11.6 Å². The molecule has 2 unspecified atom stereocenters. The smallest absolute Gasteiger partial charge is 0.325 e. The van der Waals surface area contributed by atoms with Crippen LogP contribution in [0.15, 0.2) is 23.8 Å². The first-order valence-electron chi connectivity index (χ1n) is 12.9. The maximum Gasteiger partial charge on any atom is 0.325 e. The van der Waals surface area contributed by atoms with Gasteiger partial charge in [-0.15, -0.1) is 0 Å². The molecule has 0 radical (unpaired) electrons. The van der Waals surface area contributed by atoms with Crippen LogP contribution in [0.1, 0.15) is 12.5 Å². The molecule has 4 aromatic heterocycles. The fourth-order valence-corrected chi connectivity index (χ4v) is 8.60. The molecule has 25 heteroatoms. The lowest BCUT2D eigenvalue weighted by molar-refractivity contribution is -0.0568. The number of H-pyrrole nitrogens is 1. The van der Waals surface area contributed by atoms with E-state index < -0.39 is 80.4 Å². The van der Waals surface area contributed by atoms with Gasteiger partial charge >= 0.3 is 6.72 Å². The van der Waals surface area contributed by atoms with Crippen LogP contribution in [0.5, 0.6) is 0 Å². The lowest BCUT2D eigenvalue weighted by Crippen LogP contribution is -2.34. The SMILES string of the molecule is Nc1nc2c(ncn2[C@@H]2O[C@@H]3COP(=S)(S)O[C@H]4[C@H](F)[C@H](n5cnc6c(N)ncnc65)O[C@@H]4COP(O)(=S)O[C@@H]2[C@@H]3F)c(=O)[nH]1. The number of ether oxygens (including phenoxy) is 2. The number of fused-ring (bicyclic) bond motifs is 5. The highest BCUT2D eigenvalue weighted by molar-refractivity contribution is 8.60. The molecule has 2 bridgehead atoms.